The highest BCUT2D eigenvalue weighted by atomic mass is 32.2. The van der Waals surface area contributed by atoms with Crippen molar-refractivity contribution in [2.45, 2.75) is 43.4 Å². The second kappa shape index (κ2) is 5.56. The lowest BCUT2D eigenvalue weighted by molar-refractivity contribution is 0.0599. The number of carbonyl (C=O) groups excluding carboxylic acids is 1. The van der Waals surface area contributed by atoms with Crippen LogP contribution in [-0.4, -0.2) is 27.8 Å². The third-order valence-corrected chi connectivity index (χ3v) is 5.11. The van der Waals surface area contributed by atoms with Crippen LogP contribution in [0.2, 0.25) is 0 Å². The fraction of sp³-hybridized carbons (Fsp3) is 0.533. The minimum atomic E-state index is -3.36. The minimum absolute atomic E-state index is 0.274. The van der Waals surface area contributed by atoms with Gasteiger partial charge in [-0.1, -0.05) is 18.9 Å². The van der Waals surface area contributed by atoms with E-state index in [1.165, 1.54) is 19.4 Å². The number of ether oxygens (including phenoxy) is 1. The molecule has 0 bridgehead atoms. The van der Waals surface area contributed by atoms with Gasteiger partial charge >= 0.3 is 5.97 Å². The summed E-state index contributed by atoms with van der Waals surface area (Å²) in [7, 11) is -2.06. The largest absolute Gasteiger partial charge is 0.465 e. The number of aryl methyl sites for hydroxylation is 1. The van der Waals surface area contributed by atoms with E-state index in [4.69, 9.17) is 4.74 Å². The van der Waals surface area contributed by atoms with Crippen molar-refractivity contribution in [1.82, 2.24) is 0 Å². The molecule has 0 spiro atoms. The summed E-state index contributed by atoms with van der Waals surface area (Å²) in [5.74, 6) is -0.213. The Balaban J connectivity index is 2.62. The molecule has 0 unspecified atom stereocenters. The van der Waals surface area contributed by atoms with Crippen LogP contribution in [-0.2, 0) is 14.6 Å². The first-order chi connectivity index (χ1) is 9.34. The highest BCUT2D eigenvalue weighted by Gasteiger charge is 2.26. The lowest BCUT2D eigenvalue weighted by Crippen LogP contribution is -2.11. The molecule has 1 fully saturated rings. The Kier molecular flexibility index (Phi) is 4.18. The van der Waals surface area contributed by atoms with E-state index < -0.39 is 15.8 Å². The van der Waals surface area contributed by atoms with Gasteiger partial charge in [0, 0.05) is 6.26 Å². The molecule has 1 aromatic carbocycles. The van der Waals surface area contributed by atoms with Crippen molar-refractivity contribution in [3.05, 3.63) is 28.8 Å². The molecule has 1 aliphatic carbocycles. The van der Waals surface area contributed by atoms with Crippen LogP contribution in [0.1, 0.15) is 53.1 Å². The van der Waals surface area contributed by atoms with Crippen LogP contribution in [0.4, 0.5) is 0 Å². The van der Waals surface area contributed by atoms with Crippen molar-refractivity contribution in [3.63, 3.8) is 0 Å². The van der Waals surface area contributed by atoms with E-state index in [0.29, 0.717) is 5.56 Å². The second-order valence-electron chi connectivity index (χ2n) is 5.45. The first-order valence-corrected chi connectivity index (χ1v) is 8.66. The third kappa shape index (κ3) is 2.87. The summed E-state index contributed by atoms with van der Waals surface area (Å²) >= 11 is 0. The highest BCUT2D eigenvalue weighted by molar-refractivity contribution is 7.90. The van der Waals surface area contributed by atoms with Crippen LogP contribution in [0.5, 0.6) is 0 Å². The fourth-order valence-corrected chi connectivity index (χ4v) is 3.90. The molecule has 4 nitrogen and oxygen atoms in total. The minimum Gasteiger partial charge on any atom is -0.465 e. The summed E-state index contributed by atoms with van der Waals surface area (Å²) in [5.41, 5.74) is 1.95. The maximum absolute atomic E-state index is 12.0. The van der Waals surface area contributed by atoms with Crippen molar-refractivity contribution in [1.29, 1.82) is 0 Å². The Morgan fingerprint density at radius 3 is 2.35 bits per heavy atom. The van der Waals surface area contributed by atoms with Gasteiger partial charge in [0.15, 0.2) is 9.84 Å². The van der Waals surface area contributed by atoms with Gasteiger partial charge in [-0.2, -0.15) is 0 Å². The molecule has 0 saturated heterocycles. The van der Waals surface area contributed by atoms with Crippen molar-refractivity contribution in [2.24, 2.45) is 0 Å². The number of rotatable bonds is 3. The summed E-state index contributed by atoms with van der Waals surface area (Å²) in [5, 5.41) is 0. The molecule has 0 aliphatic heterocycles. The van der Waals surface area contributed by atoms with Crippen molar-refractivity contribution in [2.75, 3.05) is 13.4 Å². The zero-order valence-electron chi connectivity index (χ0n) is 12.1. The molecule has 20 heavy (non-hydrogen) atoms. The van der Waals surface area contributed by atoms with E-state index >= 15 is 0 Å². The van der Waals surface area contributed by atoms with Gasteiger partial charge in [0.05, 0.1) is 17.6 Å². The van der Waals surface area contributed by atoms with Gasteiger partial charge < -0.3 is 4.74 Å². The predicted molar refractivity (Wildman–Crippen MR) is 76.8 cm³/mol. The van der Waals surface area contributed by atoms with Crippen molar-refractivity contribution >= 4 is 15.8 Å². The SMILES string of the molecule is COC(=O)c1cc(S(C)(=O)=O)c(C2CCCC2)cc1C. The van der Waals surface area contributed by atoms with E-state index in [1.54, 1.807) is 0 Å². The van der Waals surface area contributed by atoms with Gasteiger partial charge in [0.2, 0.25) is 0 Å². The van der Waals surface area contributed by atoms with Gasteiger partial charge in [0.1, 0.15) is 0 Å². The van der Waals surface area contributed by atoms with Crippen LogP contribution in [0.15, 0.2) is 17.0 Å². The molecule has 1 saturated carbocycles. The number of hydrogen-bond acceptors (Lipinski definition) is 4. The predicted octanol–water partition coefficient (Wildman–Crippen LogP) is 2.84. The summed E-state index contributed by atoms with van der Waals surface area (Å²) in [6, 6.07) is 3.32. The lowest BCUT2D eigenvalue weighted by atomic mass is 9.94. The quantitative estimate of drug-likeness (QED) is 0.805. The number of carbonyl (C=O) groups is 1. The van der Waals surface area contributed by atoms with E-state index in [9.17, 15) is 13.2 Å². The Morgan fingerprint density at radius 1 is 1.25 bits per heavy atom. The van der Waals surface area contributed by atoms with Gasteiger partial charge in [-0.25, -0.2) is 13.2 Å². The van der Waals surface area contributed by atoms with Gasteiger partial charge in [0.25, 0.3) is 0 Å². The molecule has 0 aromatic heterocycles. The van der Waals surface area contributed by atoms with Crippen LogP contribution in [0.3, 0.4) is 0 Å². The Hall–Kier alpha value is -1.36. The third-order valence-electron chi connectivity index (χ3n) is 3.96. The molecule has 0 atom stereocenters. The molecule has 1 aromatic rings. The molecule has 1 aliphatic rings. The van der Waals surface area contributed by atoms with Crippen molar-refractivity contribution in [3.8, 4) is 0 Å². The molecule has 0 amide bonds. The maximum atomic E-state index is 12.0. The van der Waals surface area contributed by atoms with Gasteiger partial charge in [-0.05, 0) is 42.9 Å². The topological polar surface area (TPSA) is 60.4 Å². The summed E-state index contributed by atoms with van der Waals surface area (Å²) < 4.78 is 28.8. The molecule has 110 valence electrons. The van der Waals surface area contributed by atoms with Crippen LogP contribution in [0.25, 0.3) is 0 Å². The molecular formula is C15H20O4S. The van der Waals surface area contributed by atoms with Gasteiger partial charge in [-0.15, -0.1) is 0 Å². The maximum Gasteiger partial charge on any atom is 0.338 e. The summed E-state index contributed by atoms with van der Waals surface area (Å²) in [6.45, 7) is 1.82. The van der Waals surface area contributed by atoms with E-state index in [-0.39, 0.29) is 10.8 Å². The zero-order chi connectivity index (χ0) is 14.9. The molecule has 0 radical (unpaired) electrons. The first kappa shape index (κ1) is 15.0. The fourth-order valence-electron chi connectivity index (χ4n) is 2.92. The number of sulfone groups is 1. The highest BCUT2D eigenvalue weighted by Crippen LogP contribution is 2.38. The Morgan fingerprint density at radius 2 is 1.85 bits per heavy atom. The Bertz CT molecular complexity index is 626. The number of methoxy groups -OCH3 is 1. The molecule has 0 heterocycles. The average Bonchev–Trinajstić information content (AvgIpc) is 2.89. The molecule has 2 rings (SSSR count). The van der Waals surface area contributed by atoms with Crippen LogP contribution in [0, 0.1) is 6.92 Å². The lowest BCUT2D eigenvalue weighted by Gasteiger charge is -2.17. The number of benzene rings is 1. The normalized spacial score (nSPS) is 16.4. The average molecular weight is 296 g/mol. The molecule has 5 heteroatoms. The second-order valence-corrected chi connectivity index (χ2v) is 7.43. The Labute approximate surface area is 120 Å². The van der Waals surface area contributed by atoms with E-state index in [0.717, 1.165) is 36.8 Å². The number of esters is 1. The first-order valence-electron chi connectivity index (χ1n) is 6.77. The van der Waals surface area contributed by atoms with Crippen LogP contribution >= 0.6 is 0 Å². The van der Waals surface area contributed by atoms with E-state index in [1.807, 2.05) is 13.0 Å². The standard InChI is InChI=1S/C15H20O4S/c1-10-8-13(11-6-4-5-7-11)14(20(3,17)18)9-12(10)15(16)19-2/h8-9,11H,4-7H2,1-3H3. The summed E-state index contributed by atoms with van der Waals surface area (Å²) in [6.07, 6.45) is 5.48. The molecular weight excluding hydrogens is 276 g/mol. The van der Waals surface area contributed by atoms with Gasteiger partial charge in [-0.3, -0.25) is 0 Å². The smallest absolute Gasteiger partial charge is 0.338 e. The zero-order valence-corrected chi connectivity index (χ0v) is 12.9. The monoisotopic (exact) mass is 296 g/mol. The summed E-state index contributed by atoms with van der Waals surface area (Å²) in [4.78, 5) is 12.0. The number of hydrogen-bond donors (Lipinski definition) is 0. The van der Waals surface area contributed by atoms with E-state index in [2.05, 4.69) is 0 Å². The van der Waals surface area contributed by atoms with Crippen molar-refractivity contribution < 1.29 is 17.9 Å². The van der Waals surface area contributed by atoms with Crippen LogP contribution < -0.4 is 0 Å². The molecule has 0 N–H and O–H groups in total.